The van der Waals surface area contributed by atoms with Gasteiger partial charge in [0.25, 0.3) is 0 Å². The third-order valence-electron chi connectivity index (χ3n) is 6.23. The molecular formula is C26H29ClN4O3. The molecule has 2 heterocycles. The van der Waals surface area contributed by atoms with Gasteiger partial charge in [-0.05, 0) is 44.4 Å². The number of amides is 3. The first-order chi connectivity index (χ1) is 16.3. The second-order valence-corrected chi connectivity index (χ2v) is 9.16. The summed E-state index contributed by atoms with van der Waals surface area (Å²) in [6.45, 7) is 4.77. The van der Waals surface area contributed by atoms with Crippen molar-refractivity contribution in [1.82, 2.24) is 20.3 Å². The number of urea groups is 1. The van der Waals surface area contributed by atoms with Gasteiger partial charge in [0.1, 0.15) is 6.04 Å². The number of nitrogens with one attached hydrogen (secondary N) is 1. The Morgan fingerprint density at radius 3 is 2.62 bits per heavy atom. The highest BCUT2D eigenvalue weighted by molar-refractivity contribution is 6.30. The highest BCUT2D eigenvalue weighted by Crippen LogP contribution is 2.31. The Kier molecular flexibility index (Phi) is 7.22. The molecule has 0 bridgehead atoms. The summed E-state index contributed by atoms with van der Waals surface area (Å²) >= 11 is 5.96. The second kappa shape index (κ2) is 10.3. The standard InChI is InChI=1S/C26H29ClN4O3/c1-17(23-18(2)29-34-24(23)20-8-5-4-6-9-20)28-26(33)31-15-7-10-22(31)25(32)30(3)16-19-11-13-21(27)14-12-19/h4-6,8-9,11-14,17,22H,7,10,15-16H2,1-3H3,(H,28,33)/t17-,22+/m0/s1. The summed E-state index contributed by atoms with van der Waals surface area (Å²) in [5.41, 5.74) is 3.45. The Morgan fingerprint density at radius 1 is 1.21 bits per heavy atom. The highest BCUT2D eigenvalue weighted by Gasteiger charge is 2.36. The number of benzene rings is 2. The fourth-order valence-electron chi connectivity index (χ4n) is 4.49. The largest absolute Gasteiger partial charge is 0.356 e. The van der Waals surface area contributed by atoms with Crippen molar-refractivity contribution in [3.05, 3.63) is 76.4 Å². The number of nitrogens with zero attached hydrogens (tertiary/aromatic N) is 3. The van der Waals surface area contributed by atoms with Gasteiger partial charge in [-0.15, -0.1) is 0 Å². The minimum Gasteiger partial charge on any atom is -0.356 e. The van der Waals surface area contributed by atoms with E-state index >= 15 is 0 Å². The maximum atomic E-state index is 13.2. The third kappa shape index (κ3) is 5.09. The quantitative estimate of drug-likeness (QED) is 0.526. The van der Waals surface area contributed by atoms with Crippen LogP contribution in [0.25, 0.3) is 11.3 Å². The molecule has 4 rings (SSSR count). The molecule has 2 atom stereocenters. The van der Waals surface area contributed by atoms with Gasteiger partial charge in [-0.3, -0.25) is 4.79 Å². The maximum Gasteiger partial charge on any atom is 0.318 e. The van der Waals surface area contributed by atoms with Crippen molar-refractivity contribution in [1.29, 1.82) is 0 Å². The summed E-state index contributed by atoms with van der Waals surface area (Å²) in [5.74, 6) is 0.573. The lowest BCUT2D eigenvalue weighted by atomic mass is 10.0. The van der Waals surface area contributed by atoms with Gasteiger partial charge >= 0.3 is 6.03 Å². The minimum absolute atomic E-state index is 0.0682. The van der Waals surface area contributed by atoms with Crippen LogP contribution in [0.4, 0.5) is 4.79 Å². The molecule has 8 heteroatoms. The Labute approximate surface area is 204 Å². The molecule has 3 amide bonds. The summed E-state index contributed by atoms with van der Waals surface area (Å²) < 4.78 is 5.58. The number of carbonyl (C=O) groups is 2. The van der Waals surface area contributed by atoms with Crippen LogP contribution in [-0.2, 0) is 11.3 Å². The zero-order valence-corrected chi connectivity index (χ0v) is 20.4. The molecule has 1 aromatic heterocycles. The number of hydrogen-bond donors (Lipinski definition) is 1. The first kappa shape index (κ1) is 23.8. The van der Waals surface area contributed by atoms with Crippen LogP contribution < -0.4 is 5.32 Å². The first-order valence-corrected chi connectivity index (χ1v) is 11.8. The molecule has 1 aliphatic heterocycles. The van der Waals surface area contributed by atoms with E-state index in [-0.39, 0.29) is 18.0 Å². The van der Waals surface area contributed by atoms with Crippen LogP contribution in [-0.4, -0.2) is 46.5 Å². The van der Waals surface area contributed by atoms with Gasteiger partial charge in [0, 0.05) is 36.3 Å². The predicted molar refractivity (Wildman–Crippen MR) is 131 cm³/mol. The number of hydrogen-bond acceptors (Lipinski definition) is 4. The topological polar surface area (TPSA) is 78.7 Å². The van der Waals surface area contributed by atoms with Crippen molar-refractivity contribution in [2.45, 2.75) is 45.3 Å². The van der Waals surface area contributed by atoms with Crippen molar-refractivity contribution < 1.29 is 14.1 Å². The van der Waals surface area contributed by atoms with E-state index in [0.29, 0.717) is 30.3 Å². The molecule has 1 N–H and O–H groups in total. The average Bonchev–Trinajstić information content (AvgIpc) is 3.47. The third-order valence-corrected chi connectivity index (χ3v) is 6.48. The summed E-state index contributed by atoms with van der Waals surface area (Å²) in [4.78, 5) is 29.7. The number of rotatable bonds is 6. The van der Waals surface area contributed by atoms with Crippen molar-refractivity contribution in [3.63, 3.8) is 0 Å². The van der Waals surface area contributed by atoms with Crippen molar-refractivity contribution in [2.75, 3.05) is 13.6 Å². The molecule has 3 aromatic rings. The molecule has 0 aliphatic carbocycles. The van der Waals surface area contributed by atoms with Crippen molar-refractivity contribution in [3.8, 4) is 11.3 Å². The van der Waals surface area contributed by atoms with Crippen LogP contribution in [0.3, 0.4) is 0 Å². The molecule has 1 fully saturated rings. The molecular weight excluding hydrogens is 452 g/mol. The number of aromatic nitrogens is 1. The Morgan fingerprint density at radius 2 is 1.91 bits per heavy atom. The fourth-order valence-corrected chi connectivity index (χ4v) is 4.61. The van der Waals surface area contributed by atoms with Crippen molar-refractivity contribution in [2.24, 2.45) is 0 Å². The molecule has 7 nitrogen and oxygen atoms in total. The zero-order valence-electron chi connectivity index (χ0n) is 19.6. The average molecular weight is 481 g/mol. The maximum absolute atomic E-state index is 13.2. The number of aryl methyl sites for hydroxylation is 1. The number of halogens is 1. The second-order valence-electron chi connectivity index (χ2n) is 8.72. The molecule has 0 spiro atoms. The van der Waals surface area contributed by atoms with Crippen LogP contribution in [0.15, 0.2) is 59.1 Å². The van der Waals surface area contributed by atoms with Crippen LogP contribution in [0.1, 0.15) is 42.6 Å². The lowest BCUT2D eigenvalue weighted by molar-refractivity contribution is -0.134. The van der Waals surface area contributed by atoms with E-state index in [1.807, 2.05) is 68.4 Å². The Balaban J connectivity index is 1.44. The molecule has 1 aliphatic rings. The number of carbonyl (C=O) groups excluding carboxylic acids is 2. The van der Waals surface area contributed by atoms with E-state index in [4.69, 9.17) is 16.1 Å². The van der Waals surface area contributed by atoms with E-state index in [1.54, 1.807) is 16.8 Å². The van der Waals surface area contributed by atoms with Crippen LogP contribution in [0, 0.1) is 6.92 Å². The smallest absolute Gasteiger partial charge is 0.318 e. The van der Waals surface area contributed by atoms with Gasteiger partial charge in [0.05, 0.1) is 11.7 Å². The molecule has 0 unspecified atom stereocenters. The normalized spacial score (nSPS) is 16.4. The zero-order chi connectivity index (χ0) is 24.2. The van der Waals surface area contributed by atoms with Gasteiger partial charge in [-0.25, -0.2) is 4.79 Å². The van der Waals surface area contributed by atoms with Crippen LogP contribution in [0.2, 0.25) is 5.02 Å². The molecule has 34 heavy (non-hydrogen) atoms. The molecule has 0 saturated carbocycles. The van der Waals surface area contributed by atoms with Gasteiger partial charge in [-0.1, -0.05) is 59.2 Å². The molecule has 1 saturated heterocycles. The SMILES string of the molecule is Cc1noc(-c2ccccc2)c1[C@H](C)NC(=O)N1CCC[C@@H]1C(=O)N(C)Cc1ccc(Cl)cc1. The van der Waals surface area contributed by atoms with Crippen molar-refractivity contribution >= 4 is 23.5 Å². The monoisotopic (exact) mass is 480 g/mol. The number of likely N-dealkylation sites (N-methyl/N-ethyl adjacent to an activating group) is 1. The number of likely N-dealkylation sites (tertiary alicyclic amines) is 1. The predicted octanol–water partition coefficient (Wildman–Crippen LogP) is 5.20. The van der Waals surface area contributed by atoms with Crippen LogP contribution >= 0.6 is 11.6 Å². The van der Waals surface area contributed by atoms with E-state index in [1.165, 1.54) is 0 Å². The fraction of sp³-hybridized carbons (Fsp3) is 0.346. The lowest BCUT2D eigenvalue weighted by Crippen LogP contribution is -2.50. The summed E-state index contributed by atoms with van der Waals surface area (Å²) in [6.07, 6.45) is 1.43. The first-order valence-electron chi connectivity index (χ1n) is 11.4. The van der Waals surface area contributed by atoms with Gasteiger partial charge < -0.3 is 19.6 Å². The van der Waals surface area contributed by atoms with E-state index in [2.05, 4.69) is 10.5 Å². The van der Waals surface area contributed by atoms with Gasteiger partial charge in [-0.2, -0.15) is 0 Å². The summed E-state index contributed by atoms with van der Waals surface area (Å²) in [5, 5.41) is 7.83. The van der Waals surface area contributed by atoms with E-state index in [0.717, 1.165) is 28.8 Å². The molecule has 2 aromatic carbocycles. The van der Waals surface area contributed by atoms with E-state index in [9.17, 15) is 9.59 Å². The Hall–Kier alpha value is -3.32. The Bertz CT molecular complexity index is 1150. The van der Waals surface area contributed by atoms with Gasteiger partial charge in [0.15, 0.2) is 5.76 Å². The lowest BCUT2D eigenvalue weighted by Gasteiger charge is -2.29. The highest BCUT2D eigenvalue weighted by atomic mass is 35.5. The molecule has 178 valence electrons. The molecule has 0 radical (unpaired) electrons. The van der Waals surface area contributed by atoms with Gasteiger partial charge in [0.2, 0.25) is 5.91 Å². The summed E-state index contributed by atoms with van der Waals surface area (Å²) in [7, 11) is 1.76. The summed E-state index contributed by atoms with van der Waals surface area (Å²) in [6, 6.07) is 16.0. The van der Waals surface area contributed by atoms with E-state index < -0.39 is 6.04 Å². The minimum atomic E-state index is -0.485. The van der Waals surface area contributed by atoms with Crippen LogP contribution in [0.5, 0.6) is 0 Å².